The lowest BCUT2D eigenvalue weighted by molar-refractivity contribution is 0.600. The van der Waals surface area contributed by atoms with E-state index in [0.29, 0.717) is 0 Å². The summed E-state index contributed by atoms with van der Waals surface area (Å²) >= 11 is -0.696. The summed E-state index contributed by atoms with van der Waals surface area (Å²) in [4.78, 5) is 38.3. The van der Waals surface area contributed by atoms with Gasteiger partial charge in [-0.2, -0.15) is 0 Å². The van der Waals surface area contributed by atoms with Crippen molar-refractivity contribution in [3.63, 3.8) is 0 Å². The quantitative estimate of drug-likeness (QED) is 0.216. The van der Waals surface area contributed by atoms with Gasteiger partial charge in [0.15, 0.2) is 0 Å². The van der Waals surface area contributed by atoms with E-state index in [0.717, 1.165) is 71.7 Å². The van der Waals surface area contributed by atoms with Crippen LogP contribution in [-0.2, 0) is 0 Å². The van der Waals surface area contributed by atoms with Crippen LogP contribution in [0.15, 0.2) is 92.4 Å². The number of hydrogen-bond acceptors (Lipinski definition) is 8. The topological polar surface area (TPSA) is 102 Å². The van der Waals surface area contributed by atoms with Crippen molar-refractivity contribution in [3.05, 3.63) is 111 Å². The zero-order valence-electron chi connectivity index (χ0n) is 21.8. The molecule has 2 aliphatic carbocycles. The Balaban J connectivity index is 1.27. The first-order valence-electron chi connectivity index (χ1n) is 12.8. The zero-order valence-corrected chi connectivity index (χ0v) is 24.0. The summed E-state index contributed by atoms with van der Waals surface area (Å²) in [6, 6.07) is 11.8. The van der Waals surface area contributed by atoms with E-state index in [1.807, 2.05) is 55.7 Å². The van der Waals surface area contributed by atoms with E-state index in [9.17, 15) is 0 Å². The van der Waals surface area contributed by atoms with Crippen molar-refractivity contribution in [2.45, 2.75) is 18.9 Å². The van der Waals surface area contributed by atoms with Crippen LogP contribution >= 0.6 is 20.7 Å². The third-order valence-corrected chi connectivity index (χ3v) is 8.99. The number of hydrogen-bond donors (Lipinski definition) is 0. The molecule has 194 valence electrons. The normalized spacial score (nSPS) is 20.4. The van der Waals surface area contributed by atoms with Gasteiger partial charge in [-0.15, -0.1) is 0 Å². The summed E-state index contributed by atoms with van der Waals surface area (Å²) in [5.74, 6) is 0.0304. The molecule has 0 fully saturated rings. The lowest BCUT2D eigenvalue weighted by Gasteiger charge is -2.30. The van der Waals surface area contributed by atoms with Crippen molar-refractivity contribution in [1.82, 2.24) is 24.9 Å². The molecule has 0 saturated carbocycles. The molecule has 0 bridgehead atoms. The SMILES string of the molecule is C=C(N=C1C(=NC)c2cccnc2-c2ncccc21)I=Cc1nc2c(nc1C)C1C=CC=NC1c1ncccc1-2. The van der Waals surface area contributed by atoms with Crippen molar-refractivity contribution in [2.75, 3.05) is 7.05 Å². The Morgan fingerprint density at radius 1 is 0.875 bits per heavy atom. The van der Waals surface area contributed by atoms with Gasteiger partial charge < -0.3 is 0 Å². The van der Waals surface area contributed by atoms with Gasteiger partial charge in [0.1, 0.15) is 6.04 Å². The summed E-state index contributed by atoms with van der Waals surface area (Å²) < 4.78 is 2.94. The van der Waals surface area contributed by atoms with Crippen LogP contribution in [0.1, 0.15) is 45.9 Å². The third-order valence-electron chi connectivity index (χ3n) is 7.13. The van der Waals surface area contributed by atoms with Gasteiger partial charge in [0.2, 0.25) is 0 Å². The molecule has 2 unspecified atom stereocenters. The summed E-state index contributed by atoms with van der Waals surface area (Å²) in [7, 11) is 1.78. The highest BCUT2D eigenvalue weighted by atomic mass is 127. The van der Waals surface area contributed by atoms with Gasteiger partial charge >= 0.3 is 0 Å². The lowest BCUT2D eigenvalue weighted by Crippen LogP contribution is -2.24. The van der Waals surface area contributed by atoms with Gasteiger partial charge in [-0.1, -0.05) is 33.4 Å². The minimum Gasteiger partial charge on any atom is -0.286 e. The Labute approximate surface area is 241 Å². The van der Waals surface area contributed by atoms with E-state index >= 15 is 0 Å². The predicted octanol–water partition coefficient (Wildman–Crippen LogP) is 5.60. The number of aliphatic imine (C=N–C) groups is 3. The van der Waals surface area contributed by atoms with Crippen LogP contribution in [0.2, 0.25) is 0 Å². The van der Waals surface area contributed by atoms with Gasteiger partial charge in [-0.05, 0) is 49.4 Å². The van der Waals surface area contributed by atoms with Crippen molar-refractivity contribution < 1.29 is 0 Å². The molecule has 0 aromatic carbocycles. The van der Waals surface area contributed by atoms with Gasteiger partial charge in [0, 0.05) is 58.5 Å². The van der Waals surface area contributed by atoms with Crippen LogP contribution in [0.4, 0.5) is 0 Å². The molecule has 4 aromatic rings. The van der Waals surface area contributed by atoms with E-state index in [-0.39, 0.29) is 12.0 Å². The number of allylic oxidation sites excluding steroid dienone is 1. The Morgan fingerprint density at radius 2 is 1.57 bits per heavy atom. The molecule has 9 heteroatoms. The third kappa shape index (κ3) is 4.00. The zero-order chi connectivity index (χ0) is 27.2. The number of rotatable bonds is 3. The predicted molar refractivity (Wildman–Crippen MR) is 168 cm³/mol. The smallest absolute Gasteiger partial charge is 0.104 e. The molecule has 2 atom stereocenters. The molecular formula is C31H23IN8. The molecule has 0 saturated heterocycles. The second-order valence-corrected chi connectivity index (χ2v) is 11.9. The molecule has 5 heterocycles. The Hall–Kier alpha value is -4.38. The number of pyridine rings is 3. The van der Waals surface area contributed by atoms with Gasteiger partial charge in [0.25, 0.3) is 0 Å². The summed E-state index contributed by atoms with van der Waals surface area (Å²) in [6.45, 7) is 6.33. The molecule has 0 amide bonds. The largest absolute Gasteiger partial charge is 0.286 e. The number of halogens is 1. The second kappa shape index (κ2) is 9.98. The maximum absolute atomic E-state index is 5.11. The number of dihydropyridines is 1. The average Bonchev–Trinajstić information content (AvgIpc) is 3.00. The fourth-order valence-electron chi connectivity index (χ4n) is 5.35. The molecule has 7 rings (SSSR count). The van der Waals surface area contributed by atoms with E-state index in [1.165, 1.54) is 0 Å². The fraction of sp³-hybridized carbons (Fsp3) is 0.129. The molecule has 3 aliphatic rings. The first kappa shape index (κ1) is 24.6. The van der Waals surface area contributed by atoms with Crippen molar-refractivity contribution in [3.8, 4) is 22.6 Å². The summed E-state index contributed by atoms with van der Waals surface area (Å²) in [5.41, 5.74) is 10.5. The maximum Gasteiger partial charge on any atom is 0.104 e. The highest BCUT2D eigenvalue weighted by Gasteiger charge is 2.36. The Morgan fingerprint density at radius 3 is 2.33 bits per heavy atom. The van der Waals surface area contributed by atoms with Crippen LogP contribution in [0.3, 0.4) is 0 Å². The van der Waals surface area contributed by atoms with Crippen LogP contribution in [0, 0.1) is 6.92 Å². The van der Waals surface area contributed by atoms with E-state index in [4.69, 9.17) is 20.0 Å². The van der Waals surface area contributed by atoms with Crippen LogP contribution < -0.4 is 0 Å². The fourth-order valence-corrected chi connectivity index (χ4v) is 6.98. The number of aryl methyl sites for hydroxylation is 1. The Bertz CT molecular complexity index is 1870. The highest BCUT2D eigenvalue weighted by molar-refractivity contribution is 14.2. The molecule has 40 heavy (non-hydrogen) atoms. The monoisotopic (exact) mass is 634 g/mol. The first-order valence-corrected chi connectivity index (χ1v) is 15.1. The molecule has 0 N–H and O–H groups in total. The lowest BCUT2D eigenvalue weighted by atomic mass is 9.81. The minimum absolute atomic E-state index is 0.0304. The number of fused-ring (bicyclic) bond motifs is 9. The van der Waals surface area contributed by atoms with Crippen LogP contribution in [0.25, 0.3) is 22.6 Å². The minimum atomic E-state index is -0.696. The van der Waals surface area contributed by atoms with Crippen molar-refractivity contribution >= 4 is 42.4 Å². The summed E-state index contributed by atoms with van der Waals surface area (Å²) in [5, 5.41) is 0. The molecular weight excluding hydrogens is 611 g/mol. The standard InChI is InChI=1S/C31H23IN8/c1-17-23(40-31-22-11-7-15-37-28(22)27-21(30(31)38-17)10-6-14-36-27)16-32-18(2)39-29-20-9-5-13-35-26(20)25-19(24(29)33-3)8-4-12-34-25/h4-16,21,27H,2H2,1,3H3. The van der Waals surface area contributed by atoms with E-state index in [2.05, 4.69) is 42.7 Å². The number of nitrogens with zero attached hydrogens (tertiary/aromatic N) is 8. The number of aromatic nitrogens is 5. The second-order valence-electron chi connectivity index (χ2n) is 9.44. The van der Waals surface area contributed by atoms with Crippen molar-refractivity contribution in [2.24, 2.45) is 15.0 Å². The van der Waals surface area contributed by atoms with Gasteiger partial charge in [-0.3, -0.25) is 29.9 Å². The highest BCUT2D eigenvalue weighted by Crippen LogP contribution is 2.46. The van der Waals surface area contributed by atoms with Crippen molar-refractivity contribution in [1.29, 1.82) is 0 Å². The van der Waals surface area contributed by atoms with Crippen LogP contribution in [-0.4, -0.2) is 53.6 Å². The van der Waals surface area contributed by atoms with Crippen LogP contribution in [0.5, 0.6) is 0 Å². The molecule has 0 radical (unpaired) electrons. The molecule has 0 spiro atoms. The van der Waals surface area contributed by atoms with E-state index < -0.39 is 20.7 Å². The van der Waals surface area contributed by atoms with E-state index in [1.54, 1.807) is 19.4 Å². The van der Waals surface area contributed by atoms with Gasteiger partial charge in [0.05, 0.1) is 55.0 Å². The Kier molecular flexibility index (Phi) is 6.15. The molecule has 8 nitrogen and oxygen atoms in total. The molecule has 1 aliphatic heterocycles. The first-order chi connectivity index (χ1) is 19.6. The maximum atomic E-state index is 5.11. The average molecular weight is 634 g/mol. The van der Waals surface area contributed by atoms with Gasteiger partial charge in [-0.25, -0.2) is 9.98 Å². The summed E-state index contributed by atoms with van der Waals surface area (Å²) in [6.07, 6.45) is 11.3. The molecule has 4 aromatic heterocycles.